The first-order chi connectivity index (χ1) is 14.1. The lowest BCUT2D eigenvalue weighted by Gasteiger charge is -2.15. The predicted octanol–water partition coefficient (Wildman–Crippen LogP) is 2.93. The van der Waals surface area contributed by atoms with Crippen molar-refractivity contribution in [1.29, 1.82) is 0 Å². The summed E-state index contributed by atoms with van der Waals surface area (Å²) in [5.41, 5.74) is 1.63. The van der Waals surface area contributed by atoms with Crippen LogP contribution in [-0.4, -0.2) is 40.1 Å². The zero-order chi connectivity index (χ0) is 20.6. The fourth-order valence-electron chi connectivity index (χ4n) is 2.86. The number of hydrogen-bond donors (Lipinski definition) is 2. The molecule has 0 fully saturated rings. The van der Waals surface area contributed by atoms with Crippen molar-refractivity contribution >= 4 is 5.96 Å². The maximum Gasteiger partial charge on any atom is 0.387 e. The van der Waals surface area contributed by atoms with E-state index in [1.54, 1.807) is 20.2 Å². The minimum absolute atomic E-state index is 0.0311. The maximum absolute atomic E-state index is 12.7. The summed E-state index contributed by atoms with van der Waals surface area (Å²) in [7, 11) is 3.27. The van der Waals surface area contributed by atoms with Gasteiger partial charge in [-0.1, -0.05) is 12.1 Å². The van der Waals surface area contributed by atoms with E-state index < -0.39 is 6.61 Å². The van der Waals surface area contributed by atoms with E-state index >= 15 is 0 Å². The average molecular weight is 407 g/mol. The minimum Gasteiger partial charge on any atom is -0.497 e. The number of benzene rings is 2. The highest BCUT2D eigenvalue weighted by Crippen LogP contribution is 2.38. The molecule has 1 aliphatic rings. The van der Waals surface area contributed by atoms with Crippen LogP contribution in [0.15, 0.2) is 41.4 Å². The first kappa shape index (κ1) is 20.5. The molecule has 7 nitrogen and oxygen atoms in total. The number of rotatable bonds is 8. The number of fused-ring (bicyclic) bond motifs is 1. The van der Waals surface area contributed by atoms with E-state index in [4.69, 9.17) is 14.2 Å². The van der Waals surface area contributed by atoms with Crippen LogP contribution in [0, 0.1) is 0 Å². The highest BCUT2D eigenvalue weighted by Gasteiger charge is 2.20. The normalized spacial score (nSPS) is 12.8. The van der Waals surface area contributed by atoms with E-state index in [0.29, 0.717) is 29.6 Å². The van der Waals surface area contributed by atoms with Gasteiger partial charge in [0.25, 0.3) is 0 Å². The van der Waals surface area contributed by atoms with Gasteiger partial charge in [0.2, 0.25) is 6.79 Å². The molecular formula is C20H23F2N3O4. The van der Waals surface area contributed by atoms with Crippen LogP contribution in [0.3, 0.4) is 0 Å². The van der Waals surface area contributed by atoms with Gasteiger partial charge in [-0.3, -0.25) is 4.99 Å². The molecule has 2 aromatic carbocycles. The van der Waals surface area contributed by atoms with Gasteiger partial charge in [0, 0.05) is 31.8 Å². The Labute approximate surface area is 167 Å². The first-order valence-corrected chi connectivity index (χ1v) is 9.04. The molecule has 2 aromatic rings. The summed E-state index contributed by atoms with van der Waals surface area (Å²) < 4.78 is 45.9. The minimum atomic E-state index is -2.94. The Morgan fingerprint density at radius 3 is 2.69 bits per heavy atom. The molecule has 0 aliphatic carbocycles. The largest absolute Gasteiger partial charge is 0.497 e. The second-order valence-electron chi connectivity index (χ2n) is 6.15. The summed E-state index contributed by atoms with van der Waals surface area (Å²) in [6, 6.07) is 10.8. The van der Waals surface area contributed by atoms with E-state index in [9.17, 15) is 8.78 Å². The zero-order valence-electron chi connectivity index (χ0n) is 16.2. The summed E-state index contributed by atoms with van der Waals surface area (Å²) in [5.74, 6) is 2.24. The van der Waals surface area contributed by atoms with Crippen LogP contribution in [0.5, 0.6) is 23.0 Å². The Balaban J connectivity index is 1.57. The third kappa shape index (κ3) is 5.63. The molecule has 0 atom stereocenters. The van der Waals surface area contributed by atoms with E-state index in [2.05, 4.69) is 20.4 Å². The Kier molecular flexibility index (Phi) is 6.94. The van der Waals surface area contributed by atoms with Gasteiger partial charge in [-0.2, -0.15) is 8.78 Å². The molecule has 0 saturated carbocycles. The summed E-state index contributed by atoms with van der Waals surface area (Å²) in [5, 5.41) is 6.28. The topological polar surface area (TPSA) is 73.3 Å². The zero-order valence-corrected chi connectivity index (χ0v) is 16.2. The highest BCUT2D eigenvalue weighted by molar-refractivity contribution is 5.79. The molecule has 156 valence electrons. The van der Waals surface area contributed by atoms with Crippen LogP contribution in [0.2, 0.25) is 0 Å². The summed E-state index contributed by atoms with van der Waals surface area (Å²) in [6.45, 7) is -2.03. The van der Waals surface area contributed by atoms with Crippen molar-refractivity contribution in [3.63, 3.8) is 0 Å². The number of ether oxygens (including phenoxy) is 4. The Hall–Kier alpha value is -3.23. The van der Waals surface area contributed by atoms with Crippen LogP contribution in [0.25, 0.3) is 0 Å². The van der Waals surface area contributed by atoms with Crippen LogP contribution in [0.1, 0.15) is 11.1 Å². The van der Waals surface area contributed by atoms with Gasteiger partial charge < -0.3 is 29.6 Å². The number of halogens is 2. The average Bonchev–Trinajstić information content (AvgIpc) is 3.17. The number of methoxy groups -OCH3 is 1. The van der Waals surface area contributed by atoms with Gasteiger partial charge in [0.15, 0.2) is 17.5 Å². The predicted molar refractivity (Wildman–Crippen MR) is 104 cm³/mol. The Morgan fingerprint density at radius 2 is 1.97 bits per heavy atom. The van der Waals surface area contributed by atoms with E-state index in [1.165, 1.54) is 6.07 Å². The lowest BCUT2D eigenvalue weighted by molar-refractivity contribution is -0.0505. The number of nitrogens with zero attached hydrogens (tertiary/aromatic N) is 1. The molecule has 1 aliphatic heterocycles. The SMILES string of the molecule is CN=C(NCCc1cccc(OC)c1)NCc1cc2c(cc1OC(F)F)OCO2. The van der Waals surface area contributed by atoms with Gasteiger partial charge >= 0.3 is 6.61 Å². The van der Waals surface area contributed by atoms with Gasteiger partial charge in [-0.25, -0.2) is 0 Å². The molecule has 0 unspecified atom stereocenters. The highest BCUT2D eigenvalue weighted by atomic mass is 19.3. The number of aliphatic imine (C=N–C) groups is 1. The van der Waals surface area contributed by atoms with Crippen LogP contribution in [0.4, 0.5) is 8.78 Å². The fraction of sp³-hybridized carbons (Fsp3) is 0.350. The lowest BCUT2D eigenvalue weighted by Crippen LogP contribution is -2.38. The molecule has 29 heavy (non-hydrogen) atoms. The van der Waals surface area contributed by atoms with E-state index in [0.717, 1.165) is 17.7 Å². The third-order valence-corrected chi connectivity index (χ3v) is 4.28. The molecule has 0 radical (unpaired) electrons. The molecule has 0 saturated heterocycles. The quantitative estimate of drug-likeness (QED) is 0.518. The van der Waals surface area contributed by atoms with Crippen molar-refractivity contribution < 1.29 is 27.7 Å². The summed E-state index contributed by atoms with van der Waals surface area (Å²) >= 11 is 0. The first-order valence-electron chi connectivity index (χ1n) is 9.04. The molecule has 9 heteroatoms. The van der Waals surface area contributed by atoms with E-state index in [-0.39, 0.29) is 19.1 Å². The fourth-order valence-corrected chi connectivity index (χ4v) is 2.86. The number of hydrogen-bond acceptors (Lipinski definition) is 5. The number of guanidine groups is 1. The van der Waals surface area contributed by atoms with Crippen molar-refractivity contribution in [2.75, 3.05) is 27.5 Å². The Morgan fingerprint density at radius 1 is 1.17 bits per heavy atom. The van der Waals surface area contributed by atoms with Gasteiger partial charge in [-0.05, 0) is 30.2 Å². The van der Waals surface area contributed by atoms with Crippen molar-refractivity contribution in [2.45, 2.75) is 19.6 Å². The number of alkyl halides is 2. The van der Waals surface area contributed by atoms with Gasteiger partial charge in [0.05, 0.1) is 7.11 Å². The molecule has 2 N–H and O–H groups in total. The number of nitrogens with one attached hydrogen (secondary N) is 2. The molecule has 0 amide bonds. The second-order valence-corrected chi connectivity index (χ2v) is 6.15. The molecular weight excluding hydrogens is 384 g/mol. The maximum atomic E-state index is 12.7. The van der Waals surface area contributed by atoms with Gasteiger partial charge in [0.1, 0.15) is 11.5 Å². The second kappa shape index (κ2) is 9.81. The van der Waals surface area contributed by atoms with E-state index in [1.807, 2.05) is 24.3 Å². The van der Waals surface area contributed by atoms with Crippen LogP contribution in [-0.2, 0) is 13.0 Å². The van der Waals surface area contributed by atoms with Crippen LogP contribution < -0.4 is 29.6 Å². The summed E-state index contributed by atoms with van der Waals surface area (Å²) in [4.78, 5) is 4.16. The third-order valence-electron chi connectivity index (χ3n) is 4.28. The smallest absolute Gasteiger partial charge is 0.387 e. The Bertz CT molecular complexity index is 862. The molecule has 1 heterocycles. The van der Waals surface area contributed by atoms with Crippen LogP contribution >= 0.6 is 0 Å². The summed E-state index contributed by atoms with van der Waals surface area (Å²) in [6.07, 6.45) is 0.766. The molecule has 0 bridgehead atoms. The molecule has 0 spiro atoms. The van der Waals surface area contributed by atoms with Crippen molar-refractivity contribution in [3.8, 4) is 23.0 Å². The van der Waals surface area contributed by atoms with Crippen molar-refractivity contribution in [3.05, 3.63) is 47.5 Å². The van der Waals surface area contributed by atoms with Crippen molar-refractivity contribution in [1.82, 2.24) is 10.6 Å². The molecule has 3 rings (SSSR count). The standard InChI is InChI=1S/C20H23F2N3O4/c1-23-20(24-7-6-13-4-3-5-15(8-13)26-2)25-11-14-9-17-18(28-12-27-17)10-16(14)29-19(21)22/h3-5,8-10,19H,6-7,11-12H2,1-2H3,(H2,23,24,25). The van der Waals surface area contributed by atoms with Gasteiger partial charge in [-0.15, -0.1) is 0 Å². The van der Waals surface area contributed by atoms with Crippen molar-refractivity contribution in [2.24, 2.45) is 4.99 Å². The monoisotopic (exact) mass is 407 g/mol. The lowest BCUT2D eigenvalue weighted by atomic mass is 10.1. The molecule has 0 aromatic heterocycles.